The maximum atomic E-state index is 8.26. The summed E-state index contributed by atoms with van der Waals surface area (Å²) in [4.78, 5) is 0. The number of hydrogen-bond acceptors (Lipinski definition) is 2. The second-order valence-electron chi connectivity index (χ2n) is 14.2. The maximum absolute atomic E-state index is 8.26. The van der Waals surface area contributed by atoms with Crippen LogP contribution in [0.3, 0.4) is 0 Å². The Labute approximate surface area is 249 Å². The van der Waals surface area contributed by atoms with Gasteiger partial charge in [-0.15, -0.1) is 0 Å². The molecule has 1 N–H and O–H groups in total. The predicted octanol–water partition coefficient (Wildman–Crippen LogP) is 9.58. The first kappa shape index (κ1) is 32.9. The molecule has 0 bridgehead atoms. The fourth-order valence-electron chi connectivity index (χ4n) is 5.97. The third-order valence-electron chi connectivity index (χ3n) is 7.21. The molecule has 0 unspecified atom stereocenters. The number of rotatable bonds is 5. The standard InChI is InChI=1S/C21H36N3P.C13H19N3/c1-15(2)23-17-13-11-12-14-18(17)24(16(3)4)19(23)22-25(20(5,6)7)21(8,9)10;1-9(2)15-11-7-5-6-8-12(11)16(10(3)4)13(15)14/h11-16H,1-10H3;5-10,14H,1-4H3. The fourth-order valence-corrected chi connectivity index (χ4v) is 8.96. The second kappa shape index (κ2) is 12.3. The molecule has 2 heterocycles. The Morgan fingerprint density at radius 1 is 0.537 bits per heavy atom. The minimum absolute atomic E-state index is 0.167. The van der Waals surface area contributed by atoms with E-state index in [4.69, 9.17) is 10.2 Å². The largest absolute Gasteiger partial charge is 0.308 e. The van der Waals surface area contributed by atoms with Crippen LogP contribution in [0.25, 0.3) is 22.1 Å². The second-order valence-corrected chi connectivity index (χ2v) is 17.7. The highest BCUT2D eigenvalue weighted by Crippen LogP contribution is 2.60. The average Bonchev–Trinajstić information content (AvgIpc) is 3.32. The van der Waals surface area contributed by atoms with Crippen LogP contribution in [0.5, 0.6) is 0 Å². The minimum atomic E-state index is -0.555. The van der Waals surface area contributed by atoms with E-state index in [0.29, 0.717) is 29.8 Å². The van der Waals surface area contributed by atoms with Crippen LogP contribution < -0.4 is 11.2 Å². The monoisotopic (exact) mass is 578 g/mol. The summed E-state index contributed by atoms with van der Waals surface area (Å²) < 4.78 is 14.5. The van der Waals surface area contributed by atoms with Gasteiger partial charge in [0.05, 0.1) is 22.1 Å². The van der Waals surface area contributed by atoms with Crippen molar-refractivity contribution in [1.29, 1.82) is 5.41 Å². The zero-order valence-corrected chi connectivity index (χ0v) is 29.0. The lowest BCUT2D eigenvalue weighted by Crippen LogP contribution is -2.31. The third kappa shape index (κ3) is 6.74. The summed E-state index contributed by atoms with van der Waals surface area (Å²) in [7, 11) is -0.555. The van der Waals surface area contributed by atoms with Crippen LogP contribution in [0.2, 0.25) is 0 Å². The van der Waals surface area contributed by atoms with E-state index < -0.39 is 8.07 Å². The SMILES string of the molecule is CC(C)n1c(=N)n(C(C)C)c2ccccc21.CC(C)n1c(=NP(C(C)(C)C)C(C)(C)C)n(C(C)C)c2ccccc21. The lowest BCUT2D eigenvalue weighted by atomic mass is 10.2. The molecule has 0 atom stereocenters. The molecule has 2 aromatic carbocycles. The number of benzene rings is 2. The van der Waals surface area contributed by atoms with E-state index >= 15 is 0 Å². The Morgan fingerprint density at radius 3 is 1.05 bits per heavy atom. The van der Waals surface area contributed by atoms with E-state index in [1.165, 1.54) is 11.0 Å². The summed E-state index contributed by atoms with van der Waals surface area (Å²) in [5, 5.41) is 8.60. The zero-order valence-electron chi connectivity index (χ0n) is 28.1. The van der Waals surface area contributed by atoms with Gasteiger partial charge in [0.1, 0.15) is 0 Å². The van der Waals surface area contributed by atoms with Gasteiger partial charge in [0.15, 0.2) is 0 Å². The first-order valence-electron chi connectivity index (χ1n) is 15.2. The number of nitrogens with one attached hydrogen (secondary N) is 1. The van der Waals surface area contributed by atoms with E-state index in [1.54, 1.807) is 0 Å². The van der Waals surface area contributed by atoms with Gasteiger partial charge in [-0.25, -0.2) is 4.76 Å². The topological polar surface area (TPSA) is 55.9 Å². The summed E-state index contributed by atoms with van der Waals surface area (Å²) in [6.07, 6.45) is 0. The molecule has 41 heavy (non-hydrogen) atoms. The van der Waals surface area contributed by atoms with E-state index in [1.807, 2.05) is 12.1 Å². The molecule has 0 saturated heterocycles. The Bertz CT molecular complexity index is 1480. The molecule has 0 spiro atoms. The van der Waals surface area contributed by atoms with Crippen molar-refractivity contribution in [3.05, 3.63) is 59.8 Å². The molecule has 0 aliphatic rings. The summed E-state index contributed by atoms with van der Waals surface area (Å²) >= 11 is 0. The molecule has 6 nitrogen and oxygen atoms in total. The summed E-state index contributed by atoms with van der Waals surface area (Å²) in [6, 6.07) is 18.3. The molecule has 0 aliphatic heterocycles. The Kier molecular flexibility index (Phi) is 9.90. The molecule has 2 aromatic heterocycles. The van der Waals surface area contributed by atoms with Gasteiger partial charge in [-0.05, 0) is 79.7 Å². The molecule has 0 aliphatic carbocycles. The van der Waals surface area contributed by atoms with Crippen molar-refractivity contribution < 1.29 is 0 Å². The van der Waals surface area contributed by atoms with Gasteiger partial charge in [-0.3, -0.25) is 5.41 Å². The van der Waals surface area contributed by atoms with Crippen LogP contribution in [-0.2, 0) is 0 Å². The van der Waals surface area contributed by atoms with Gasteiger partial charge in [0.2, 0.25) is 11.2 Å². The van der Waals surface area contributed by atoms with Crippen LogP contribution >= 0.6 is 8.07 Å². The summed E-state index contributed by atoms with van der Waals surface area (Å²) in [5.41, 5.74) is 6.58. The molecule has 0 saturated carbocycles. The van der Waals surface area contributed by atoms with Crippen molar-refractivity contribution in [2.45, 2.75) is 131 Å². The first-order valence-corrected chi connectivity index (χ1v) is 16.5. The predicted molar refractivity (Wildman–Crippen MR) is 179 cm³/mol. The zero-order chi connectivity index (χ0) is 31.0. The molecule has 0 fully saturated rings. The Morgan fingerprint density at radius 2 is 0.805 bits per heavy atom. The van der Waals surface area contributed by atoms with Crippen LogP contribution in [0.15, 0.2) is 53.3 Å². The summed E-state index contributed by atoms with van der Waals surface area (Å²) in [5.74, 6) is 0. The van der Waals surface area contributed by atoms with Crippen LogP contribution in [-0.4, -0.2) is 28.6 Å². The smallest absolute Gasteiger partial charge is 0.210 e. The van der Waals surface area contributed by atoms with Gasteiger partial charge in [-0.1, -0.05) is 65.8 Å². The van der Waals surface area contributed by atoms with E-state index in [2.05, 4.69) is 152 Å². The minimum Gasteiger partial charge on any atom is -0.308 e. The number of hydrogen-bond donors (Lipinski definition) is 1. The Balaban J connectivity index is 0.000000248. The van der Waals surface area contributed by atoms with Gasteiger partial charge >= 0.3 is 0 Å². The maximum Gasteiger partial charge on any atom is 0.210 e. The van der Waals surface area contributed by atoms with Crippen molar-refractivity contribution in [3.63, 3.8) is 0 Å². The molecular formula is C34H55N6P. The number of fused-ring (bicyclic) bond motifs is 2. The van der Waals surface area contributed by atoms with E-state index in [-0.39, 0.29) is 10.3 Å². The molecule has 0 amide bonds. The van der Waals surface area contributed by atoms with Gasteiger partial charge in [-0.2, -0.15) is 0 Å². The fraction of sp³-hybridized carbons (Fsp3) is 0.588. The molecule has 4 rings (SSSR count). The molecule has 226 valence electrons. The van der Waals surface area contributed by atoms with E-state index in [0.717, 1.165) is 16.7 Å². The quantitative estimate of drug-likeness (QED) is 0.229. The third-order valence-corrected chi connectivity index (χ3v) is 10.1. The number of aromatic nitrogens is 4. The molecule has 0 radical (unpaired) electrons. The lowest BCUT2D eigenvalue weighted by Gasteiger charge is -2.37. The number of nitrogens with zero attached hydrogens (tertiary/aromatic N) is 5. The lowest BCUT2D eigenvalue weighted by molar-refractivity contribution is 0.513. The van der Waals surface area contributed by atoms with Crippen molar-refractivity contribution >= 4 is 30.1 Å². The molecule has 4 aromatic rings. The van der Waals surface area contributed by atoms with Crippen LogP contribution in [0, 0.1) is 5.41 Å². The van der Waals surface area contributed by atoms with Gasteiger partial charge < -0.3 is 18.3 Å². The van der Waals surface area contributed by atoms with Crippen LogP contribution in [0.4, 0.5) is 0 Å². The van der Waals surface area contributed by atoms with Gasteiger partial charge in [0, 0.05) is 42.6 Å². The Hall–Kier alpha value is -2.59. The molecular weight excluding hydrogens is 523 g/mol. The average molecular weight is 579 g/mol. The van der Waals surface area contributed by atoms with Crippen molar-refractivity contribution in [1.82, 2.24) is 18.3 Å². The molecule has 7 heteroatoms. The van der Waals surface area contributed by atoms with Gasteiger partial charge in [0.25, 0.3) is 0 Å². The summed E-state index contributed by atoms with van der Waals surface area (Å²) in [6.45, 7) is 31.5. The van der Waals surface area contributed by atoms with Crippen molar-refractivity contribution in [3.8, 4) is 0 Å². The highest BCUT2D eigenvalue weighted by Gasteiger charge is 2.35. The highest BCUT2D eigenvalue weighted by molar-refractivity contribution is 7.59. The normalized spacial score (nSPS) is 12.9. The van der Waals surface area contributed by atoms with Crippen molar-refractivity contribution in [2.24, 2.45) is 4.76 Å². The van der Waals surface area contributed by atoms with E-state index in [9.17, 15) is 0 Å². The van der Waals surface area contributed by atoms with Crippen molar-refractivity contribution in [2.75, 3.05) is 0 Å². The number of para-hydroxylation sites is 4. The first-order chi connectivity index (χ1) is 18.9. The number of imidazole rings is 2. The van der Waals surface area contributed by atoms with Crippen LogP contribution in [0.1, 0.15) is 121 Å². The highest BCUT2D eigenvalue weighted by atomic mass is 31.1.